The number of benzene rings is 1. The van der Waals surface area contributed by atoms with Crippen molar-refractivity contribution in [1.82, 2.24) is 10.1 Å². The van der Waals surface area contributed by atoms with E-state index in [-0.39, 0.29) is 12.4 Å². The molecule has 1 aromatic heterocycles. The van der Waals surface area contributed by atoms with Crippen LogP contribution < -0.4 is 5.32 Å². The van der Waals surface area contributed by atoms with E-state index < -0.39 is 17.8 Å². The Labute approximate surface area is 124 Å². The lowest BCUT2D eigenvalue weighted by atomic mass is 10.1. The molecule has 22 heavy (non-hydrogen) atoms. The predicted octanol–water partition coefficient (Wildman–Crippen LogP) is 3.67. The average molecular weight is 313 g/mol. The number of carbonyl (C=O) groups excluding carboxylic acids is 1. The van der Waals surface area contributed by atoms with Gasteiger partial charge in [-0.15, -0.1) is 0 Å². The molecule has 0 saturated carbocycles. The van der Waals surface area contributed by atoms with Crippen LogP contribution in [0.1, 0.15) is 16.9 Å². The third-order valence-electron chi connectivity index (χ3n) is 2.91. The number of aromatic nitrogens is 1. The van der Waals surface area contributed by atoms with E-state index in [0.717, 1.165) is 12.1 Å². The Morgan fingerprint density at radius 3 is 2.45 bits per heavy atom. The van der Waals surface area contributed by atoms with Crippen molar-refractivity contribution >= 4 is 11.8 Å². The molecular weight excluding hydrogens is 299 g/mol. The van der Waals surface area contributed by atoms with E-state index in [0.29, 0.717) is 11.3 Å². The molecule has 0 aliphatic rings. The summed E-state index contributed by atoms with van der Waals surface area (Å²) in [5, 5.41) is 6.15. The number of urea groups is 1. The largest absolute Gasteiger partial charge is 0.416 e. The van der Waals surface area contributed by atoms with E-state index in [1.54, 1.807) is 13.0 Å². The summed E-state index contributed by atoms with van der Waals surface area (Å²) in [6.07, 6.45) is -4.37. The number of anilines is 1. The minimum absolute atomic E-state index is 0.167. The van der Waals surface area contributed by atoms with Gasteiger partial charge in [0.25, 0.3) is 0 Å². The summed E-state index contributed by atoms with van der Waals surface area (Å²) < 4.78 is 42.2. The van der Waals surface area contributed by atoms with E-state index in [1.165, 1.54) is 24.1 Å². The van der Waals surface area contributed by atoms with Gasteiger partial charge in [-0.2, -0.15) is 13.2 Å². The third kappa shape index (κ3) is 4.00. The number of nitrogens with one attached hydrogen (secondary N) is 1. The van der Waals surface area contributed by atoms with Crippen LogP contribution in [-0.2, 0) is 12.7 Å². The molecule has 0 saturated heterocycles. The highest BCUT2D eigenvalue weighted by Gasteiger charge is 2.29. The standard InChI is InChI=1S/C14H14F3N3O2/c1-9-7-12(19-22-9)18-13(21)20(2)8-10-3-5-11(6-4-10)14(15,16)17/h3-7H,8H2,1-2H3,(H,18,19,21). The summed E-state index contributed by atoms with van der Waals surface area (Å²) in [4.78, 5) is 13.2. The molecule has 0 atom stereocenters. The van der Waals surface area contributed by atoms with Crippen molar-refractivity contribution in [2.24, 2.45) is 0 Å². The maximum atomic E-state index is 12.5. The Hall–Kier alpha value is -2.51. The molecule has 0 fully saturated rings. The zero-order chi connectivity index (χ0) is 16.3. The van der Waals surface area contributed by atoms with Gasteiger partial charge in [0, 0.05) is 19.7 Å². The topological polar surface area (TPSA) is 58.4 Å². The molecular formula is C14H14F3N3O2. The molecule has 0 aliphatic heterocycles. The number of hydrogen-bond acceptors (Lipinski definition) is 3. The first kappa shape index (κ1) is 15.9. The lowest BCUT2D eigenvalue weighted by Crippen LogP contribution is -2.30. The van der Waals surface area contributed by atoms with Crippen molar-refractivity contribution in [1.29, 1.82) is 0 Å². The first-order chi connectivity index (χ1) is 10.3. The van der Waals surface area contributed by atoms with Crippen LogP contribution in [0.3, 0.4) is 0 Å². The van der Waals surface area contributed by atoms with Gasteiger partial charge in [0.15, 0.2) is 5.82 Å². The molecule has 0 bridgehead atoms. The van der Waals surface area contributed by atoms with Gasteiger partial charge in [0.05, 0.1) is 5.56 Å². The number of nitrogens with zero attached hydrogens (tertiary/aromatic N) is 2. The molecule has 5 nitrogen and oxygen atoms in total. The number of hydrogen-bond donors (Lipinski definition) is 1. The average Bonchev–Trinajstić information content (AvgIpc) is 2.83. The first-order valence-corrected chi connectivity index (χ1v) is 6.37. The maximum Gasteiger partial charge on any atom is 0.416 e. The van der Waals surface area contributed by atoms with Gasteiger partial charge in [0.2, 0.25) is 0 Å². The van der Waals surface area contributed by atoms with E-state index in [2.05, 4.69) is 10.5 Å². The SMILES string of the molecule is Cc1cc(NC(=O)N(C)Cc2ccc(C(F)(F)F)cc2)no1. The quantitative estimate of drug-likeness (QED) is 0.940. The van der Waals surface area contributed by atoms with Crippen molar-refractivity contribution < 1.29 is 22.5 Å². The second-order valence-electron chi connectivity index (χ2n) is 4.80. The van der Waals surface area contributed by atoms with Crippen LogP contribution in [0.15, 0.2) is 34.9 Å². The third-order valence-corrected chi connectivity index (χ3v) is 2.91. The Morgan fingerprint density at radius 1 is 1.32 bits per heavy atom. The van der Waals surface area contributed by atoms with E-state index >= 15 is 0 Å². The highest BCUT2D eigenvalue weighted by molar-refractivity contribution is 5.88. The Balaban J connectivity index is 1.96. The fraction of sp³-hybridized carbons (Fsp3) is 0.286. The Kier molecular flexibility index (Phi) is 4.39. The van der Waals surface area contributed by atoms with Crippen molar-refractivity contribution in [3.8, 4) is 0 Å². The van der Waals surface area contributed by atoms with Gasteiger partial charge in [-0.05, 0) is 24.6 Å². The van der Waals surface area contributed by atoms with E-state index in [9.17, 15) is 18.0 Å². The molecule has 1 N–H and O–H groups in total. The molecule has 1 aromatic carbocycles. The summed E-state index contributed by atoms with van der Waals surface area (Å²) in [7, 11) is 1.53. The van der Waals surface area contributed by atoms with Crippen LogP contribution in [0.4, 0.5) is 23.8 Å². The number of alkyl halides is 3. The molecule has 0 radical (unpaired) electrons. The van der Waals surface area contributed by atoms with Crippen molar-refractivity contribution in [3.05, 3.63) is 47.2 Å². The highest BCUT2D eigenvalue weighted by Crippen LogP contribution is 2.29. The molecule has 8 heteroatoms. The van der Waals surface area contributed by atoms with Gasteiger partial charge in [-0.1, -0.05) is 17.3 Å². The normalized spacial score (nSPS) is 11.3. The van der Waals surface area contributed by atoms with Crippen LogP contribution in [0, 0.1) is 6.92 Å². The maximum absolute atomic E-state index is 12.5. The van der Waals surface area contributed by atoms with Crippen molar-refractivity contribution in [3.63, 3.8) is 0 Å². The fourth-order valence-corrected chi connectivity index (χ4v) is 1.78. The lowest BCUT2D eigenvalue weighted by Gasteiger charge is -2.17. The van der Waals surface area contributed by atoms with Crippen LogP contribution in [-0.4, -0.2) is 23.1 Å². The monoisotopic (exact) mass is 313 g/mol. The van der Waals surface area contributed by atoms with Crippen LogP contribution >= 0.6 is 0 Å². The second kappa shape index (κ2) is 6.08. The van der Waals surface area contributed by atoms with Crippen molar-refractivity contribution in [2.45, 2.75) is 19.6 Å². The van der Waals surface area contributed by atoms with E-state index in [1.807, 2.05) is 0 Å². The Bertz CT molecular complexity index is 650. The van der Waals surface area contributed by atoms with Gasteiger partial charge in [0.1, 0.15) is 5.76 Å². The minimum Gasteiger partial charge on any atom is -0.360 e. The first-order valence-electron chi connectivity index (χ1n) is 6.37. The number of halogens is 3. The lowest BCUT2D eigenvalue weighted by molar-refractivity contribution is -0.137. The molecule has 118 valence electrons. The molecule has 0 unspecified atom stereocenters. The predicted molar refractivity (Wildman–Crippen MR) is 73.2 cm³/mol. The fourth-order valence-electron chi connectivity index (χ4n) is 1.78. The van der Waals surface area contributed by atoms with Crippen LogP contribution in [0.2, 0.25) is 0 Å². The smallest absolute Gasteiger partial charge is 0.360 e. The number of rotatable bonds is 3. The second-order valence-corrected chi connectivity index (χ2v) is 4.80. The number of carbonyl (C=O) groups is 1. The van der Waals surface area contributed by atoms with Gasteiger partial charge in [-0.25, -0.2) is 4.79 Å². The van der Waals surface area contributed by atoms with Crippen LogP contribution in [0.5, 0.6) is 0 Å². The Morgan fingerprint density at radius 2 is 1.95 bits per heavy atom. The molecule has 0 aliphatic carbocycles. The van der Waals surface area contributed by atoms with E-state index in [4.69, 9.17) is 4.52 Å². The molecule has 2 aromatic rings. The molecule has 0 spiro atoms. The molecule has 2 amide bonds. The number of aryl methyl sites for hydroxylation is 1. The summed E-state index contributed by atoms with van der Waals surface area (Å²) in [5.41, 5.74) is -0.136. The minimum atomic E-state index is -4.37. The van der Waals surface area contributed by atoms with Gasteiger partial charge in [-0.3, -0.25) is 5.32 Å². The number of amides is 2. The van der Waals surface area contributed by atoms with Crippen molar-refractivity contribution in [2.75, 3.05) is 12.4 Å². The zero-order valence-corrected chi connectivity index (χ0v) is 11.9. The van der Waals surface area contributed by atoms with Gasteiger partial charge < -0.3 is 9.42 Å². The molecule has 1 heterocycles. The summed E-state index contributed by atoms with van der Waals surface area (Å²) in [5.74, 6) is 0.836. The highest BCUT2D eigenvalue weighted by atomic mass is 19.4. The van der Waals surface area contributed by atoms with Gasteiger partial charge >= 0.3 is 12.2 Å². The summed E-state index contributed by atoms with van der Waals surface area (Å²) in [6.45, 7) is 1.86. The summed E-state index contributed by atoms with van der Waals surface area (Å²) in [6, 6.07) is 5.78. The zero-order valence-electron chi connectivity index (χ0n) is 11.9. The van der Waals surface area contributed by atoms with Crippen LogP contribution in [0.25, 0.3) is 0 Å². The summed E-state index contributed by atoms with van der Waals surface area (Å²) >= 11 is 0. The molecule has 2 rings (SSSR count).